The molecule has 0 saturated carbocycles. The van der Waals surface area contributed by atoms with Crippen LogP contribution < -0.4 is 19.3 Å². The summed E-state index contributed by atoms with van der Waals surface area (Å²) in [5.74, 6) is 1.62. The Balaban J connectivity index is 1.57. The standard InChI is InChI=1S/C18H18BrFN6O2/c1-27-15-7-11-14(8-13(15)20)22-10-23-16(11)25-3-5-26(6-4-25)18-21-9-12(19)17(24-18)28-2/h7-10H,3-6H2,1-2H3. The molecular weight excluding hydrogens is 431 g/mol. The van der Waals surface area contributed by atoms with E-state index in [2.05, 4.69) is 45.7 Å². The first-order valence-electron chi connectivity index (χ1n) is 8.65. The second-order valence-electron chi connectivity index (χ2n) is 6.20. The highest BCUT2D eigenvalue weighted by atomic mass is 79.9. The number of methoxy groups -OCH3 is 2. The summed E-state index contributed by atoms with van der Waals surface area (Å²) in [5.41, 5.74) is 0.548. The minimum absolute atomic E-state index is 0.178. The molecule has 1 aliphatic rings. The van der Waals surface area contributed by atoms with Crippen molar-refractivity contribution in [2.75, 3.05) is 50.2 Å². The van der Waals surface area contributed by atoms with Crippen molar-refractivity contribution in [3.8, 4) is 11.6 Å². The number of ether oxygens (including phenoxy) is 2. The summed E-state index contributed by atoms with van der Waals surface area (Å²) >= 11 is 3.37. The molecule has 1 aromatic carbocycles. The van der Waals surface area contributed by atoms with Crippen molar-refractivity contribution in [1.29, 1.82) is 0 Å². The van der Waals surface area contributed by atoms with E-state index in [1.54, 1.807) is 19.4 Å². The summed E-state index contributed by atoms with van der Waals surface area (Å²) in [6.07, 6.45) is 3.14. The van der Waals surface area contributed by atoms with Gasteiger partial charge in [0.05, 0.1) is 30.4 Å². The molecule has 1 saturated heterocycles. The third kappa shape index (κ3) is 3.39. The first-order valence-corrected chi connectivity index (χ1v) is 9.44. The van der Waals surface area contributed by atoms with Crippen molar-refractivity contribution in [3.05, 3.63) is 34.9 Å². The van der Waals surface area contributed by atoms with Crippen LogP contribution >= 0.6 is 15.9 Å². The van der Waals surface area contributed by atoms with Crippen LogP contribution in [-0.4, -0.2) is 60.3 Å². The lowest BCUT2D eigenvalue weighted by molar-refractivity contribution is 0.387. The van der Waals surface area contributed by atoms with Gasteiger partial charge >= 0.3 is 0 Å². The van der Waals surface area contributed by atoms with Crippen LogP contribution in [0, 0.1) is 5.82 Å². The number of anilines is 2. The minimum atomic E-state index is -0.439. The van der Waals surface area contributed by atoms with Gasteiger partial charge in [0.15, 0.2) is 11.6 Å². The third-order valence-corrected chi connectivity index (χ3v) is 5.19. The second kappa shape index (κ2) is 7.70. The first kappa shape index (κ1) is 18.6. The lowest BCUT2D eigenvalue weighted by Crippen LogP contribution is -2.47. The summed E-state index contributed by atoms with van der Waals surface area (Å²) in [5, 5.41) is 0.760. The Morgan fingerprint density at radius 1 is 1.00 bits per heavy atom. The summed E-state index contributed by atoms with van der Waals surface area (Å²) < 4.78 is 25.1. The Labute approximate surface area is 169 Å². The highest BCUT2D eigenvalue weighted by molar-refractivity contribution is 9.10. The summed E-state index contributed by atoms with van der Waals surface area (Å²) in [7, 11) is 3.02. The monoisotopic (exact) mass is 448 g/mol. The molecule has 146 valence electrons. The zero-order chi connectivity index (χ0) is 19.7. The van der Waals surface area contributed by atoms with Gasteiger partial charge in [-0.1, -0.05) is 0 Å². The van der Waals surface area contributed by atoms with Crippen molar-refractivity contribution in [2.45, 2.75) is 0 Å². The molecule has 0 aliphatic carbocycles. The summed E-state index contributed by atoms with van der Waals surface area (Å²) in [6, 6.07) is 3.02. The van der Waals surface area contributed by atoms with Crippen molar-refractivity contribution in [3.63, 3.8) is 0 Å². The zero-order valence-corrected chi connectivity index (χ0v) is 17.0. The van der Waals surface area contributed by atoms with E-state index in [1.807, 2.05) is 0 Å². The largest absolute Gasteiger partial charge is 0.494 e. The maximum atomic E-state index is 14.0. The van der Waals surface area contributed by atoms with Crippen LogP contribution in [0.25, 0.3) is 10.9 Å². The number of fused-ring (bicyclic) bond motifs is 1. The first-order chi connectivity index (χ1) is 13.6. The van der Waals surface area contributed by atoms with Gasteiger partial charge in [0, 0.05) is 37.6 Å². The molecule has 0 N–H and O–H groups in total. The molecule has 4 rings (SSSR count). The van der Waals surface area contributed by atoms with Gasteiger partial charge < -0.3 is 19.3 Å². The fourth-order valence-electron chi connectivity index (χ4n) is 3.21. The van der Waals surface area contributed by atoms with E-state index in [4.69, 9.17) is 9.47 Å². The van der Waals surface area contributed by atoms with E-state index < -0.39 is 5.82 Å². The fourth-order valence-corrected chi connectivity index (χ4v) is 3.56. The average Bonchev–Trinajstić information content (AvgIpc) is 2.73. The van der Waals surface area contributed by atoms with Crippen molar-refractivity contribution in [2.24, 2.45) is 0 Å². The molecule has 3 heterocycles. The van der Waals surface area contributed by atoms with Crippen LogP contribution in [0.5, 0.6) is 11.6 Å². The number of rotatable bonds is 4. The van der Waals surface area contributed by atoms with Gasteiger partial charge in [0.25, 0.3) is 0 Å². The van der Waals surface area contributed by atoms with Crippen LogP contribution in [0.4, 0.5) is 16.2 Å². The number of hydrogen-bond donors (Lipinski definition) is 0. The van der Waals surface area contributed by atoms with Gasteiger partial charge in [-0.15, -0.1) is 0 Å². The van der Waals surface area contributed by atoms with Gasteiger partial charge in [-0.25, -0.2) is 19.3 Å². The molecular formula is C18H18BrFN6O2. The number of piperazine rings is 1. The van der Waals surface area contributed by atoms with Crippen LogP contribution in [0.2, 0.25) is 0 Å². The maximum Gasteiger partial charge on any atom is 0.232 e. The molecule has 0 radical (unpaired) electrons. The third-order valence-electron chi connectivity index (χ3n) is 4.64. The van der Waals surface area contributed by atoms with Crippen LogP contribution in [0.15, 0.2) is 29.1 Å². The van der Waals surface area contributed by atoms with Crippen LogP contribution in [0.3, 0.4) is 0 Å². The minimum Gasteiger partial charge on any atom is -0.494 e. The molecule has 3 aromatic rings. The Morgan fingerprint density at radius 3 is 2.46 bits per heavy atom. The molecule has 0 atom stereocenters. The van der Waals surface area contributed by atoms with E-state index in [-0.39, 0.29) is 5.75 Å². The topological polar surface area (TPSA) is 76.5 Å². The lowest BCUT2D eigenvalue weighted by atomic mass is 10.2. The van der Waals surface area contributed by atoms with Gasteiger partial charge in [0.2, 0.25) is 11.8 Å². The summed E-state index contributed by atoms with van der Waals surface area (Å²) in [4.78, 5) is 21.7. The smallest absolute Gasteiger partial charge is 0.232 e. The van der Waals surface area contributed by atoms with E-state index in [1.165, 1.54) is 19.5 Å². The van der Waals surface area contributed by atoms with Crippen LogP contribution in [0.1, 0.15) is 0 Å². The SMILES string of the molecule is COc1cc2c(N3CCN(c4ncc(Br)c(OC)n4)CC3)ncnc2cc1F. The molecule has 10 heteroatoms. The summed E-state index contributed by atoms with van der Waals surface area (Å²) in [6.45, 7) is 2.87. The quantitative estimate of drug-likeness (QED) is 0.602. The van der Waals surface area contributed by atoms with Gasteiger partial charge in [-0.2, -0.15) is 4.98 Å². The number of halogens is 2. The second-order valence-corrected chi connectivity index (χ2v) is 7.06. The number of aromatic nitrogens is 4. The van der Waals surface area contributed by atoms with Crippen molar-refractivity contribution in [1.82, 2.24) is 19.9 Å². The number of benzene rings is 1. The molecule has 1 aliphatic heterocycles. The van der Waals surface area contributed by atoms with Gasteiger partial charge in [-0.3, -0.25) is 0 Å². The predicted octanol–water partition coefficient (Wildman–Crippen LogP) is 2.67. The molecule has 8 nitrogen and oxygen atoms in total. The Hall–Kier alpha value is -2.75. The Bertz CT molecular complexity index is 1010. The number of hydrogen-bond acceptors (Lipinski definition) is 8. The molecule has 0 unspecified atom stereocenters. The highest BCUT2D eigenvalue weighted by Crippen LogP contribution is 2.30. The van der Waals surface area contributed by atoms with Gasteiger partial charge in [-0.05, 0) is 22.0 Å². The van der Waals surface area contributed by atoms with Crippen LogP contribution in [-0.2, 0) is 0 Å². The molecule has 2 aromatic heterocycles. The Morgan fingerprint density at radius 2 is 1.75 bits per heavy atom. The fraction of sp³-hybridized carbons (Fsp3) is 0.333. The van der Waals surface area contributed by atoms with E-state index >= 15 is 0 Å². The molecule has 1 fully saturated rings. The predicted molar refractivity (Wildman–Crippen MR) is 107 cm³/mol. The Kier molecular flexibility index (Phi) is 5.12. The lowest BCUT2D eigenvalue weighted by Gasteiger charge is -2.35. The van der Waals surface area contributed by atoms with Crippen molar-refractivity contribution < 1.29 is 13.9 Å². The van der Waals surface area contributed by atoms with Crippen molar-refractivity contribution >= 4 is 38.6 Å². The molecule has 0 amide bonds. The molecule has 0 bridgehead atoms. The molecule has 28 heavy (non-hydrogen) atoms. The average molecular weight is 449 g/mol. The van der Waals surface area contributed by atoms with E-state index in [0.29, 0.717) is 48.0 Å². The zero-order valence-electron chi connectivity index (χ0n) is 15.4. The highest BCUT2D eigenvalue weighted by Gasteiger charge is 2.23. The number of nitrogens with zero attached hydrogens (tertiary/aromatic N) is 6. The van der Waals surface area contributed by atoms with E-state index in [0.717, 1.165) is 11.2 Å². The molecule has 0 spiro atoms. The normalized spacial score (nSPS) is 14.4. The van der Waals surface area contributed by atoms with E-state index in [9.17, 15) is 4.39 Å². The van der Waals surface area contributed by atoms with Gasteiger partial charge in [0.1, 0.15) is 12.1 Å². The maximum absolute atomic E-state index is 14.0.